The zero-order chi connectivity index (χ0) is 13.1. The number of benzene rings is 1. The van der Waals surface area contributed by atoms with Crippen molar-refractivity contribution in [3.8, 4) is 0 Å². The predicted molar refractivity (Wildman–Crippen MR) is 72.6 cm³/mol. The predicted octanol–water partition coefficient (Wildman–Crippen LogP) is 3.17. The van der Waals surface area contributed by atoms with Crippen LogP contribution in [0, 0.1) is 5.82 Å². The van der Waals surface area contributed by atoms with Gasteiger partial charge >= 0.3 is 0 Å². The average molecular weight is 312 g/mol. The summed E-state index contributed by atoms with van der Waals surface area (Å²) in [5.41, 5.74) is 1.74. The van der Waals surface area contributed by atoms with Crippen LogP contribution in [0.3, 0.4) is 0 Å². The van der Waals surface area contributed by atoms with Gasteiger partial charge in [-0.25, -0.2) is 4.39 Å². The average Bonchev–Trinajstić information content (AvgIpc) is 2.75. The molecule has 0 fully saturated rings. The summed E-state index contributed by atoms with van der Waals surface area (Å²) in [7, 11) is 1.88. The van der Waals surface area contributed by atoms with Crippen LogP contribution in [-0.4, -0.2) is 9.78 Å². The van der Waals surface area contributed by atoms with Crippen LogP contribution in [0.5, 0.6) is 0 Å². The SMILES string of the molecule is CC(NCc1cnn(C)c1)c1cc(Br)ccc1F. The number of aryl methyl sites for hydroxylation is 1. The van der Waals surface area contributed by atoms with Crippen molar-refractivity contribution in [2.75, 3.05) is 0 Å². The van der Waals surface area contributed by atoms with E-state index in [0.29, 0.717) is 12.1 Å². The maximum atomic E-state index is 13.7. The summed E-state index contributed by atoms with van der Waals surface area (Å²) >= 11 is 3.36. The minimum absolute atomic E-state index is 0.0530. The van der Waals surface area contributed by atoms with Gasteiger partial charge in [0.05, 0.1) is 6.20 Å². The number of aromatic nitrogens is 2. The van der Waals surface area contributed by atoms with Crippen molar-refractivity contribution >= 4 is 15.9 Å². The number of halogens is 2. The van der Waals surface area contributed by atoms with E-state index in [9.17, 15) is 4.39 Å². The van der Waals surface area contributed by atoms with Crippen molar-refractivity contribution in [3.05, 3.63) is 52.0 Å². The highest BCUT2D eigenvalue weighted by Crippen LogP contribution is 2.21. The third kappa shape index (κ3) is 3.17. The maximum absolute atomic E-state index is 13.7. The molecule has 0 amide bonds. The van der Waals surface area contributed by atoms with E-state index in [0.717, 1.165) is 10.0 Å². The molecule has 3 nitrogen and oxygen atoms in total. The van der Waals surface area contributed by atoms with Gasteiger partial charge in [-0.2, -0.15) is 5.10 Å². The molecule has 0 aliphatic heterocycles. The Morgan fingerprint density at radius 3 is 2.94 bits per heavy atom. The summed E-state index contributed by atoms with van der Waals surface area (Å²) in [6.45, 7) is 2.61. The van der Waals surface area contributed by atoms with E-state index in [1.165, 1.54) is 6.07 Å². The summed E-state index contributed by atoms with van der Waals surface area (Å²) in [5.74, 6) is -0.190. The summed E-state index contributed by atoms with van der Waals surface area (Å²) in [4.78, 5) is 0. The van der Waals surface area contributed by atoms with Gasteiger partial charge in [-0.3, -0.25) is 4.68 Å². The van der Waals surface area contributed by atoms with E-state index >= 15 is 0 Å². The van der Waals surface area contributed by atoms with E-state index < -0.39 is 0 Å². The largest absolute Gasteiger partial charge is 0.306 e. The lowest BCUT2D eigenvalue weighted by Gasteiger charge is -2.14. The molecule has 2 aromatic rings. The minimum atomic E-state index is -0.190. The van der Waals surface area contributed by atoms with E-state index in [2.05, 4.69) is 26.3 Å². The van der Waals surface area contributed by atoms with Crippen molar-refractivity contribution < 1.29 is 4.39 Å². The Bertz CT molecular complexity index is 539. The molecule has 2 rings (SSSR count). The molecule has 1 aromatic carbocycles. The van der Waals surface area contributed by atoms with Gasteiger partial charge in [0.1, 0.15) is 5.82 Å². The fourth-order valence-electron chi connectivity index (χ4n) is 1.79. The van der Waals surface area contributed by atoms with Crippen LogP contribution >= 0.6 is 15.9 Å². The highest BCUT2D eigenvalue weighted by Gasteiger charge is 2.11. The smallest absolute Gasteiger partial charge is 0.128 e. The molecular formula is C13H15BrFN3. The lowest BCUT2D eigenvalue weighted by molar-refractivity contribution is 0.528. The molecule has 0 saturated heterocycles. The second-order valence-electron chi connectivity index (χ2n) is 4.29. The summed E-state index contributed by atoms with van der Waals surface area (Å²) in [6, 6.07) is 4.92. The Hall–Kier alpha value is -1.20. The first kappa shape index (κ1) is 13.2. The van der Waals surface area contributed by atoms with Crippen LogP contribution in [-0.2, 0) is 13.6 Å². The Morgan fingerprint density at radius 1 is 1.50 bits per heavy atom. The molecule has 1 heterocycles. The van der Waals surface area contributed by atoms with Crippen LogP contribution in [0.2, 0.25) is 0 Å². The minimum Gasteiger partial charge on any atom is -0.306 e. The first-order chi connectivity index (χ1) is 8.56. The van der Waals surface area contributed by atoms with Gasteiger partial charge in [0.25, 0.3) is 0 Å². The van der Waals surface area contributed by atoms with Crippen molar-refractivity contribution in [1.29, 1.82) is 0 Å². The molecule has 1 atom stereocenters. The number of nitrogens with one attached hydrogen (secondary N) is 1. The van der Waals surface area contributed by atoms with Crippen molar-refractivity contribution in [3.63, 3.8) is 0 Å². The molecule has 18 heavy (non-hydrogen) atoms. The fraction of sp³-hybridized carbons (Fsp3) is 0.308. The molecule has 0 radical (unpaired) electrons. The molecule has 96 valence electrons. The maximum Gasteiger partial charge on any atom is 0.128 e. The summed E-state index contributed by atoms with van der Waals surface area (Å²) < 4.78 is 16.3. The molecular weight excluding hydrogens is 297 g/mol. The Kier molecular flexibility index (Phi) is 4.14. The van der Waals surface area contributed by atoms with Crippen LogP contribution in [0.25, 0.3) is 0 Å². The molecule has 1 N–H and O–H groups in total. The normalized spacial score (nSPS) is 12.7. The zero-order valence-corrected chi connectivity index (χ0v) is 11.9. The summed E-state index contributed by atoms with van der Waals surface area (Å²) in [5, 5.41) is 7.38. The quantitative estimate of drug-likeness (QED) is 0.940. The van der Waals surface area contributed by atoms with Gasteiger partial charge < -0.3 is 5.32 Å². The third-order valence-electron chi connectivity index (χ3n) is 2.80. The Morgan fingerprint density at radius 2 is 2.28 bits per heavy atom. The van der Waals surface area contributed by atoms with Crippen LogP contribution in [0.15, 0.2) is 35.1 Å². The number of rotatable bonds is 4. The fourth-order valence-corrected chi connectivity index (χ4v) is 2.17. The van der Waals surface area contributed by atoms with E-state index in [1.807, 2.05) is 20.2 Å². The number of nitrogens with zero attached hydrogens (tertiary/aromatic N) is 2. The third-order valence-corrected chi connectivity index (χ3v) is 3.29. The van der Waals surface area contributed by atoms with Gasteiger partial charge in [-0.05, 0) is 25.1 Å². The second kappa shape index (κ2) is 5.63. The topological polar surface area (TPSA) is 29.9 Å². The van der Waals surface area contributed by atoms with E-state index in [1.54, 1.807) is 23.0 Å². The number of hydrogen-bond acceptors (Lipinski definition) is 2. The van der Waals surface area contributed by atoms with E-state index in [4.69, 9.17) is 0 Å². The lowest BCUT2D eigenvalue weighted by atomic mass is 10.1. The molecule has 5 heteroatoms. The number of hydrogen-bond donors (Lipinski definition) is 1. The van der Waals surface area contributed by atoms with Gasteiger partial charge in [-0.1, -0.05) is 15.9 Å². The van der Waals surface area contributed by atoms with Gasteiger partial charge in [0.15, 0.2) is 0 Å². The lowest BCUT2D eigenvalue weighted by Crippen LogP contribution is -2.18. The zero-order valence-electron chi connectivity index (χ0n) is 10.3. The standard InChI is InChI=1S/C13H15BrFN3/c1-9(12-5-11(14)3-4-13(12)15)16-6-10-7-17-18(2)8-10/h3-5,7-9,16H,6H2,1-2H3. The first-order valence-corrected chi connectivity index (χ1v) is 6.51. The van der Waals surface area contributed by atoms with Crippen LogP contribution in [0.4, 0.5) is 4.39 Å². The van der Waals surface area contributed by atoms with Crippen molar-refractivity contribution in [2.24, 2.45) is 7.05 Å². The molecule has 1 aromatic heterocycles. The molecule has 0 saturated carbocycles. The first-order valence-electron chi connectivity index (χ1n) is 5.72. The molecule has 0 bridgehead atoms. The molecule has 1 unspecified atom stereocenters. The van der Waals surface area contributed by atoms with Crippen molar-refractivity contribution in [1.82, 2.24) is 15.1 Å². The molecule has 0 aliphatic carbocycles. The highest BCUT2D eigenvalue weighted by atomic mass is 79.9. The van der Waals surface area contributed by atoms with Gasteiger partial charge in [0.2, 0.25) is 0 Å². The second-order valence-corrected chi connectivity index (χ2v) is 5.21. The monoisotopic (exact) mass is 311 g/mol. The van der Waals surface area contributed by atoms with Crippen LogP contribution < -0.4 is 5.32 Å². The van der Waals surface area contributed by atoms with Gasteiger partial charge in [-0.15, -0.1) is 0 Å². The molecule has 0 aliphatic rings. The van der Waals surface area contributed by atoms with Gasteiger partial charge in [0, 0.05) is 41.4 Å². The molecule has 0 spiro atoms. The van der Waals surface area contributed by atoms with E-state index in [-0.39, 0.29) is 11.9 Å². The Labute approximate surface area is 114 Å². The van der Waals surface area contributed by atoms with Crippen molar-refractivity contribution in [2.45, 2.75) is 19.5 Å². The summed E-state index contributed by atoms with van der Waals surface area (Å²) in [6.07, 6.45) is 3.74. The highest BCUT2D eigenvalue weighted by molar-refractivity contribution is 9.10. The van der Waals surface area contributed by atoms with Crippen LogP contribution in [0.1, 0.15) is 24.1 Å². The Balaban J connectivity index is 2.03.